The number of benzene rings is 1. The van der Waals surface area contributed by atoms with Crippen LogP contribution in [-0.4, -0.2) is 99.9 Å². The summed E-state index contributed by atoms with van der Waals surface area (Å²) >= 11 is 0. The predicted octanol–water partition coefficient (Wildman–Crippen LogP) is 0.262. The molecule has 1 aromatic heterocycles. The van der Waals surface area contributed by atoms with Gasteiger partial charge in [0.15, 0.2) is 6.29 Å². The average Bonchev–Trinajstić information content (AvgIpc) is 3.33. The Morgan fingerprint density at radius 2 is 1.95 bits per heavy atom. The van der Waals surface area contributed by atoms with Crippen LogP contribution in [0.2, 0.25) is 0 Å². The third-order valence-electron chi connectivity index (χ3n) is 8.16. The topological polar surface area (TPSA) is 171 Å². The van der Waals surface area contributed by atoms with E-state index in [1.54, 1.807) is 18.0 Å². The molecule has 40 heavy (non-hydrogen) atoms. The Morgan fingerprint density at radius 1 is 1.20 bits per heavy atom. The Labute approximate surface area is 230 Å². The maximum absolute atomic E-state index is 13.1. The fraction of sp³-hybridized carbons (Fsp3) is 0.500. The molecule has 1 aromatic carbocycles. The summed E-state index contributed by atoms with van der Waals surface area (Å²) < 4.78 is 22.2. The van der Waals surface area contributed by atoms with Gasteiger partial charge in [0.2, 0.25) is 12.2 Å². The summed E-state index contributed by atoms with van der Waals surface area (Å²) in [5.74, 6) is -1.98. The van der Waals surface area contributed by atoms with Crippen LogP contribution in [-0.2, 0) is 35.0 Å². The zero-order chi connectivity index (χ0) is 28.7. The molecule has 0 saturated carbocycles. The lowest BCUT2D eigenvalue weighted by Gasteiger charge is -2.44. The van der Waals surface area contributed by atoms with Crippen LogP contribution in [0.5, 0.6) is 0 Å². The molecule has 0 spiro atoms. The van der Waals surface area contributed by atoms with Crippen LogP contribution in [0.4, 0.5) is 0 Å². The number of aliphatic hydroxyl groups is 4. The molecule has 0 bridgehead atoms. The minimum atomic E-state index is -1.65. The van der Waals surface area contributed by atoms with Gasteiger partial charge in [-0.05, 0) is 18.1 Å². The van der Waals surface area contributed by atoms with Crippen molar-refractivity contribution in [1.82, 2.24) is 9.88 Å². The van der Waals surface area contributed by atoms with E-state index in [1.807, 2.05) is 24.3 Å². The first kappa shape index (κ1) is 28.3. The summed E-state index contributed by atoms with van der Waals surface area (Å²) in [6.07, 6.45) is -5.31. The molecule has 2 aromatic rings. The number of amides is 1. The Morgan fingerprint density at radius 3 is 2.65 bits per heavy atom. The van der Waals surface area contributed by atoms with Crippen LogP contribution in [0, 0.1) is 11.8 Å². The molecular formula is C28H34N2O10. The fourth-order valence-electron chi connectivity index (χ4n) is 5.88. The second-order valence-corrected chi connectivity index (χ2v) is 10.3. The SMILES string of the molecule is C=CC1C(OC2OC(CO)C(O)C(O)C2O)OC=C(C(=O)OC)C1CC1c2[nH]c3ccccc3c2CC(=O)N1C. The Bertz CT molecular complexity index is 1310. The van der Waals surface area contributed by atoms with Crippen molar-refractivity contribution in [3.8, 4) is 0 Å². The molecule has 3 aliphatic heterocycles. The summed E-state index contributed by atoms with van der Waals surface area (Å²) in [5, 5.41) is 41.3. The molecular weight excluding hydrogens is 524 g/mol. The highest BCUT2D eigenvalue weighted by Gasteiger charge is 2.48. The number of methoxy groups -OCH3 is 1. The number of aromatic amines is 1. The molecule has 1 amide bonds. The van der Waals surface area contributed by atoms with Gasteiger partial charge in [0.25, 0.3) is 0 Å². The molecule has 4 heterocycles. The highest BCUT2D eigenvalue weighted by atomic mass is 16.8. The molecule has 9 atom stereocenters. The lowest BCUT2D eigenvalue weighted by Crippen LogP contribution is -2.60. The van der Waals surface area contributed by atoms with Crippen molar-refractivity contribution in [3.63, 3.8) is 0 Å². The number of para-hydroxylation sites is 1. The van der Waals surface area contributed by atoms with Gasteiger partial charge in [-0.3, -0.25) is 4.79 Å². The Balaban J connectivity index is 1.48. The van der Waals surface area contributed by atoms with Crippen LogP contribution in [0.15, 0.2) is 48.8 Å². The summed E-state index contributed by atoms with van der Waals surface area (Å²) in [4.78, 5) is 31.0. The monoisotopic (exact) mass is 558 g/mol. The number of aliphatic hydroxyl groups excluding tert-OH is 4. The molecule has 0 radical (unpaired) electrons. The van der Waals surface area contributed by atoms with E-state index in [9.17, 15) is 30.0 Å². The van der Waals surface area contributed by atoms with Crippen LogP contribution in [0.25, 0.3) is 10.9 Å². The number of carbonyl (C=O) groups excluding carboxylic acids is 2. The number of H-pyrrole nitrogens is 1. The first-order chi connectivity index (χ1) is 19.2. The van der Waals surface area contributed by atoms with E-state index in [0.717, 1.165) is 22.2 Å². The second kappa shape index (κ2) is 11.3. The fourth-order valence-corrected chi connectivity index (χ4v) is 5.88. The molecule has 0 aliphatic carbocycles. The number of nitrogens with one attached hydrogen (secondary N) is 1. The van der Waals surface area contributed by atoms with Crippen LogP contribution < -0.4 is 0 Å². The molecule has 216 valence electrons. The number of rotatable bonds is 7. The third kappa shape index (κ3) is 4.80. The molecule has 1 fully saturated rings. The van der Waals surface area contributed by atoms with Crippen LogP contribution in [0.3, 0.4) is 0 Å². The van der Waals surface area contributed by atoms with Gasteiger partial charge in [0.05, 0.1) is 38.0 Å². The minimum Gasteiger partial charge on any atom is -0.471 e. The van der Waals surface area contributed by atoms with E-state index in [1.165, 1.54) is 13.4 Å². The van der Waals surface area contributed by atoms with Gasteiger partial charge < -0.3 is 49.3 Å². The van der Waals surface area contributed by atoms with E-state index >= 15 is 0 Å². The number of nitrogens with zero attached hydrogens (tertiary/aromatic N) is 1. The number of hydrogen-bond donors (Lipinski definition) is 5. The largest absolute Gasteiger partial charge is 0.471 e. The van der Waals surface area contributed by atoms with E-state index in [-0.39, 0.29) is 24.3 Å². The summed E-state index contributed by atoms with van der Waals surface area (Å²) in [6, 6.07) is 7.30. The van der Waals surface area contributed by atoms with Crippen molar-refractivity contribution in [3.05, 3.63) is 60.0 Å². The smallest absolute Gasteiger partial charge is 0.337 e. The van der Waals surface area contributed by atoms with Crippen molar-refractivity contribution in [1.29, 1.82) is 0 Å². The highest BCUT2D eigenvalue weighted by molar-refractivity contribution is 5.92. The quantitative estimate of drug-likeness (QED) is 0.235. The van der Waals surface area contributed by atoms with Crippen molar-refractivity contribution >= 4 is 22.8 Å². The minimum absolute atomic E-state index is 0.0674. The van der Waals surface area contributed by atoms with E-state index < -0.39 is 67.4 Å². The van der Waals surface area contributed by atoms with Crippen LogP contribution >= 0.6 is 0 Å². The van der Waals surface area contributed by atoms with E-state index in [0.29, 0.717) is 0 Å². The number of esters is 1. The number of hydrogen-bond acceptors (Lipinski definition) is 10. The summed E-state index contributed by atoms with van der Waals surface area (Å²) in [6.45, 7) is 3.30. The lowest BCUT2D eigenvalue weighted by molar-refractivity contribution is -0.339. The first-order valence-corrected chi connectivity index (χ1v) is 13.1. The zero-order valence-corrected chi connectivity index (χ0v) is 22.2. The summed E-state index contributed by atoms with van der Waals surface area (Å²) in [7, 11) is 2.97. The molecule has 12 nitrogen and oxygen atoms in total. The second-order valence-electron chi connectivity index (χ2n) is 10.3. The van der Waals surface area contributed by atoms with Crippen molar-refractivity contribution in [2.75, 3.05) is 20.8 Å². The number of carbonyl (C=O) groups is 2. The molecule has 5 rings (SSSR count). The highest BCUT2D eigenvalue weighted by Crippen LogP contribution is 2.44. The molecule has 1 saturated heterocycles. The van der Waals surface area contributed by atoms with Gasteiger partial charge in [-0.1, -0.05) is 24.3 Å². The van der Waals surface area contributed by atoms with Crippen molar-refractivity contribution in [2.24, 2.45) is 11.8 Å². The van der Waals surface area contributed by atoms with Crippen molar-refractivity contribution in [2.45, 2.75) is 55.9 Å². The van der Waals surface area contributed by atoms with Gasteiger partial charge in [-0.15, -0.1) is 6.58 Å². The normalized spacial score (nSPS) is 34.1. The lowest BCUT2D eigenvalue weighted by atomic mass is 9.77. The van der Waals surface area contributed by atoms with Crippen LogP contribution in [0.1, 0.15) is 23.7 Å². The molecule has 9 unspecified atom stereocenters. The first-order valence-electron chi connectivity index (χ1n) is 13.1. The standard InChI is InChI=1S/C28H34N2O10/c1-4-13-15(9-19-22-16(10-21(32)30(19)2)14-7-5-6-8-18(14)29-22)17(26(36)37-3)12-38-27(13)40-28-25(35)24(34)23(33)20(11-31)39-28/h4-8,12-13,15,19-20,23-25,27-29,31,33-35H,1,9-11H2,2-3H3. The number of aromatic nitrogens is 1. The van der Waals surface area contributed by atoms with E-state index in [2.05, 4.69) is 11.6 Å². The number of fused-ring (bicyclic) bond motifs is 3. The molecule has 12 heteroatoms. The Hall–Kier alpha value is -3.26. The van der Waals surface area contributed by atoms with Gasteiger partial charge >= 0.3 is 5.97 Å². The van der Waals surface area contributed by atoms with Gasteiger partial charge in [0, 0.05) is 35.5 Å². The molecule has 5 N–H and O–H groups in total. The number of ether oxygens (including phenoxy) is 4. The molecule has 3 aliphatic rings. The van der Waals surface area contributed by atoms with Gasteiger partial charge in [0.1, 0.15) is 24.4 Å². The zero-order valence-electron chi connectivity index (χ0n) is 22.2. The average molecular weight is 559 g/mol. The van der Waals surface area contributed by atoms with E-state index in [4.69, 9.17) is 18.9 Å². The maximum atomic E-state index is 13.1. The van der Waals surface area contributed by atoms with Crippen molar-refractivity contribution < 1.29 is 49.0 Å². The third-order valence-corrected chi connectivity index (χ3v) is 8.16. The van der Waals surface area contributed by atoms with Gasteiger partial charge in [-0.2, -0.15) is 0 Å². The predicted molar refractivity (Wildman–Crippen MR) is 139 cm³/mol. The van der Waals surface area contributed by atoms with Gasteiger partial charge in [-0.25, -0.2) is 4.79 Å². The Kier molecular flexibility index (Phi) is 8.00. The number of likely N-dealkylation sites (N-methyl/N-ethyl adjacent to an activating group) is 1. The maximum Gasteiger partial charge on any atom is 0.337 e. The summed E-state index contributed by atoms with van der Waals surface area (Å²) in [5.41, 5.74) is 2.89.